The maximum atomic E-state index is 9.68. The van der Waals surface area contributed by atoms with Crippen molar-refractivity contribution in [2.75, 3.05) is 26.4 Å². The summed E-state index contributed by atoms with van der Waals surface area (Å²) in [4.78, 5) is 0. The molecular weight excluding hydrogens is 280 g/mol. The van der Waals surface area contributed by atoms with Gasteiger partial charge < -0.3 is 34.3 Å². The summed E-state index contributed by atoms with van der Waals surface area (Å²) in [5.74, 6) is 0.348. The lowest BCUT2D eigenvalue weighted by Crippen LogP contribution is -2.47. The average Bonchev–Trinajstić information content (AvgIpc) is 3.24. The third kappa shape index (κ3) is 4.59. The number of rotatable bonds is 8. The van der Waals surface area contributed by atoms with E-state index in [1.54, 1.807) is 0 Å². The Balaban J connectivity index is 1.93. The van der Waals surface area contributed by atoms with Gasteiger partial charge in [-0.2, -0.15) is 0 Å². The van der Waals surface area contributed by atoms with Crippen molar-refractivity contribution in [2.24, 2.45) is 5.92 Å². The van der Waals surface area contributed by atoms with Gasteiger partial charge >= 0.3 is 0 Å². The summed E-state index contributed by atoms with van der Waals surface area (Å²) in [6.07, 6.45) is -1.92. The first-order valence-corrected chi connectivity index (χ1v) is 7.50. The Morgan fingerprint density at radius 1 is 1.24 bits per heavy atom. The fourth-order valence-electron chi connectivity index (χ4n) is 2.59. The Labute approximate surface area is 124 Å². The molecule has 0 saturated carbocycles. The second-order valence-electron chi connectivity index (χ2n) is 5.89. The zero-order chi connectivity index (χ0) is 15.4. The molecule has 2 saturated heterocycles. The summed E-state index contributed by atoms with van der Waals surface area (Å²) >= 11 is 0. The summed E-state index contributed by atoms with van der Waals surface area (Å²) in [5.41, 5.74) is 0. The zero-order valence-corrected chi connectivity index (χ0v) is 12.6. The minimum atomic E-state index is -0.627. The molecule has 2 rings (SSSR count). The van der Waals surface area contributed by atoms with Crippen molar-refractivity contribution < 1.29 is 34.3 Å². The number of aliphatic hydroxyl groups is 3. The first-order chi connectivity index (χ1) is 10.1. The van der Waals surface area contributed by atoms with E-state index in [0.717, 1.165) is 0 Å². The molecule has 6 atom stereocenters. The van der Waals surface area contributed by atoms with Crippen LogP contribution in [0.15, 0.2) is 0 Å². The average molecular weight is 306 g/mol. The number of ether oxygens (including phenoxy) is 4. The molecule has 2 aliphatic heterocycles. The molecule has 2 aliphatic rings. The van der Waals surface area contributed by atoms with Crippen molar-refractivity contribution in [1.82, 2.24) is 0 Å². The van der Waals surface area contributed by atoms with Crippen LogP contribution in [0.4, 0.5) is 0 Å². The third-order valence-corrected chi connectivity index (χ3v) is 3.77. The molecule has 3 N–H and O–H groups in total. The topological polar surface area (TPSA) is 101 Å². The SMILES string of the molecule is CC(C)C1O[C@@H]1[C@H](OCCO)O[C@H]1C[C@H](O)COC1CO. The molecule has 0 amide bonds. The lowest BCUT2D eigenvalue weighted by Gasteiger charge is -2.35. The molecule has 2 fully saturated rings. The van der Waals surface area contributed by atoms with E-state index < -0.39 is 24.6 Å². The van der Waals surface area contributed by atoms with Crippen LogP contribution in [0.1, 0.15) is 20.3 Å². The highest BCUT2D eigenvalue weighted by molar-refractivity contribution is 4.91. The molecule has 2 heterocycles. The molecule has 0 aromatic carbocycles. The fourth-order valence-corrected chi connectivity index (χ4v) is 2.59. The van der Waals surface area contributed by atoms with E-state index in [-0.39, 0.29) is 38.6 Å². The molecule has 0 aliphatic carbocycles. The molecule has 0 radical (unpaired) electrons. The number of hydrogen-bond donors (Lipinski definition) is 3. The van der Waals surface area contributed by atoms with Crippen molar-refractivity contribution in [3.8, 4) is 0 Å². The lowest BCUT2D eigenvalue weighted by atomic mass is 10.0. The Kier molecular flexibility index (Phi) is 6.36. The molecular formula is C14H26O7. The quantitative estimate of drug-likeness (QED) is 0.401. The minimum Gasteiger partial charge on any atom is -0.394 e. The van der Waals surface area contributed by atoms with Crippen LogP contribution >= 0.6 is 0 Å². The Bertz CT molecular complexity index is 312. The van der Waals surface area contributed by atoms with E-state index >= 15 is 0 Å². The van der Waals surface area contributed by atoms with Gasteiger partial charge in [0.1, 0.15) is 12.2 Å². The van der Waals surface area contributed by atoms with Crippen LogP contribution in [-0.2, 0) is 18.9 Å². The lowest BCUT2D eigenvalue weighted by molar-refractivity contribution is -0.236. The Morgan fingerprint density at radius 2 is 2.00 bits per heavy atom. The number of epoxide rings is 1. The summed E-state index contributed by atoms with van der Waals surface area (Å²) in [6, 6.07) is 0. The van der Waals surface area contributed by atoms with Crippen LogP contribution in [0.5, 0.6) is 0 Å². The van der Waals surface area contributed by atoms with Gasteiger partial charge in [-0.1, -0.05) is 13.8 Å². The van der Waals surface area contributed by atoms with Crippen LogP contribution in [-0.4, -0.2) is 78.6 Å². The second-order valence-corrected chi connectivity index (χ2v) is 5.89. The van der Waals surface area contributed by atoms with Gasteiger partial charge in [-0.3, -0.25) is 0 Å². The molecule has 21 heavy (non-hydrogen) atoms. The van der Waals surface area contributed by atoms with Crippen LogP contribution in [0.3, 0.4) is 0 Å². The molecule has 0 aromatic rings. The van der Waals surface area contributed by atoms with Gasteiger partial charge in [-0.05, 0) is 5.92 Å². The first kappa shape index (κ1) is 17.1. The van der Waals surface area contributed by atoms with Gasteiger partial charge in [0, 0.05) is 6.42 Å². The molecule has 0 aromatic heterocycles. The number of hydrogen-bond acceptors (Lipinski definition) is 7. The van der Waals surface area contributed by atoms with Gasteiger partial charge in [0.25, 0.3) is 0 Å². The van der Waals surface area contributed by atoms with E-state index in [4.69, 9.17) is 24.1 Å². The molecule has 124 valence electrons. The maximum absolute atomic E-state index is 9.68. The van der Waals surface area contributed by atoms with Crippen molar-refractivity contribution >= 4 is 0 Å². The fraction of sp³-hybridized carbons (Fsp3) is 1.00. The zero-order valence-electron chi connectivity index (χ0n) is 12.6. The molecule has 2 unspecified atom stereocenters. The second kappa shape index (κ2) is 7.82. The van der Waals surface area contributed by atoms with Gasteiger partial charge in [0.2, 0.25) is 0 Å². The van der Waals surface area contributed by atoms with Gasteiger partial charge in [-0.15, -0.1) is 0 Å². The van der Waals surface area contributed by atoms with Crippen LogP contribution in [0, 0.1) is 5.92 Å². The van der Waals surface area contributed by atoms with Gasteiger partial charge in [0.15, 0.2) is 6.29 Å². The molecule has 0 bridgehead atoms. The minimum absolute atomic E-state index is 0.0655. The predicted molar refractivity (Wildman–Crippen MR) is 72.6 cm³/mol. The van der Waals surface area contributed by atoms with Gasteiger partial charge in [0.05, 0.1) is 44.7 Å². The monoisotopic (exact) mass is 306 g/mol. The molecule has 0 spiro atoms. The summed E-state index contributed by atoms with van der Waals surface area (Å²) in [6.45, 7) is 4.17. The smallest absolute Gasteiger partial charge is 0.186 e. The van der Waals surface area contributed by atoms with Gasteiger partial charge in [-0.25, -0.2) is 0 Å². The van der Waals surface area contributed by atoms with Crippen LogP contribution < -0.4 is 0 Å². The predicted octanol–water partition coefficient (Wildman–Crippen LogP) is -0.728. The Hall–Kier alpha value is -0.280. The normalized spacial score (nSPS) is 37.7. The Morgan fingerprint density at radius 3 is 2.57 bits per heavy atom. The molecule has 7 nitrogen and oxygen atoms in total. The van der Waals surface area contributed by atoms with Crippen molar-refractivity contribution in [2.45, 2.75) is 57.1 Å². The first-order valence-electron chi connectivity index (χ1n) is 7.50. The summed E-state index contributed by atoms with van der Waals surface area (Å²) < 4.78 is 22.3. The van der Waals surface area contributed by atoms with E-state index in [1.165, 1.54) is 0 Å². The highest BCUT2D eigenvalue weighted by Gasteiger charge is 2.49. The van der Waals surface area contributed by atoms with Crippen molar-refractivity contribution in [3.63, 3.8) is 0 Å². The largest absolute Gasteiger partial charge is 0.394 e. The highest BCUT2D eigenvalue weighted by Crippen LogP contribution is 2.35. The third-order valence-electron chi connectivity index (χ3n) is 3.77. The van der Waals surface area contributed by atoms with E-state index in [0.29, 0.717) is 12.3 Å². The van der Waals surface area contributed by atoms with E-state index in [1.807, 2.05) is 0 Å². The van der Waals surface area contributed by atoms with Crippen LogP contribution in [0.25, 0.3) is 0 Å². The van der Waals surface area contributed by atoms with E-state index in [2.05, 4.69) is 13.8 Å². The van der Waals surface area contributed by atoms with E-state index in [9.17, 15) is 10.2 Å². The summed E-state index contributed by atoms with van der Waals surface area (Å²) in [7, 11) is 0. The molecule has 7 heteroatoms. The number of aliphatic hydroxyl groups excluding tert-OH is 3. The summed E-state index contributed by atoms with van der Waals surface area (Å²) in [5, 5.41) is 27.9. The standard InChI is InChI=1S/C14H26O7/c1-8(2)12-13(21-12)14(18-4-3-15)20-10-5-9(17)7-19-11(10)6-16/h8-17H,3-7H2,1-2H3/t9-,10-,11?,12?,13-,14+/m0/s1. The van der Waals surface area contributed by atoms with Crippen molar-refractivity contribution in [1.29, 1.82) is 0 Å². The van der Waals surface area contributed by atoms with Crippen molar-refractivity contribution in [3.05, 3.63) is 0 Å². The highest BCUT2D eigenvalue weighted by atomic mass is 16.7. The maximum Gasteiger partial charge on any atom is 0.186 e. The van der Waals surface area contributed by atoms with Crippen LogP contribution in [0.2, 0.25) is 0 Å².